The van der Waals surface area contributed by atoms with Gasteiger partial charge in [-0.3, -0.25) is 19.2 Å². The molecule has 0 aliphatic carbocycles. The van der Waals surface area contributed by atoms with Crippen LogP contribution in [0.4, 0.5) is 4.79 Å². The minimum absolute atomic E-state index is 0.00291. The molecule has 2 saturated heterocycles. The fourth-order valence-corrected chi connectivity index (χ4v) is 7.12. The highest BCUT2D eigenvalue weighted by atomic mass is 32.2. The Balaban J connectivity index is 1.31. The number of carbonyl (C=O) groups is 5. The van der Waals surface area contributed by atoms with E-state index in [-0.39, 0.29) is 79.5 Å². The molecule has 0 aromatic heterocycles. The molecule has 10 nitrogen and oxygen atoms in total. The standard InChI is InChI=1S/C33H50N4O6S/c1-6-24(20-43-30(41)18-17-28(39)34-5)35-29(40)16-15-25(38)9-7-8-10-27-31-26(21-44-27)37(32(42)36-31)19-22-11-13-23(14-12-22)33(2,3)4/h11-14,24,26-27,31H,6-10,15-21H2,1-5H3,(H,34,39)(H,35,40)(H,36,42)/t24?,26-,27-,31-/m0/s1. The number of rotatable bonds is 17. The summed E-state index contributed by atoms with van der Waals surface area (Å²) in [4.78, 5) is 62.6. The summed E-state index contributed by atoms with van der Waals surface area (Å²) in [6.45, 7) is 9.10. The molecule has 2 aliphatic heterocycles. The van der Waals surface area contributed by atoms with Gasteiger partial charge in [-0.2, -0.15) is 11.8 Å². The molecule has 2 heterocycles. The fourth-order valence-electron chi connectivity index (χ4n) is 5.50. The van der Waals surface area contributed by atoms with Crippen LogP contribution in [0.3, 0.4) is 0 Å². The van der Waals surface area contributed by atoms with Gasteiger partial charge in [0, 0.05) is 50.3 Å². The lowest BCUT2D eigenvalue weighted by Crippen LogP contribution is -2.38. The van der Waals surface area contributed by atoms with Crippen LogP contribution in [-0.4, -0.2) is 77.3 Å². The highest BCUT2D eigenvalue weighted by Gasteiger charge is 2.47. The maximum atomic E-state index is 12.8. The largest absolute Gasteiger partial charge is 0.463 e. The molecule has 3 N–H and O–H groups in total. The van der Waals surface area contributed by atoms with Crippen LogP contribution in [0.1, 0.15) is 96.6 Å². The summed E-state index contributed by atoms with van der Waals surface area (Å²) in [7, 11) is 1.50. The van der Waals surface area contributed by atoms with E-state index >= 15 is 0 Å². The number of fused-ring (bicyclic) bond motifs is 1. The predicted molar refractivity (Wildman–Crippen MR) is 172 cm³/mol. The molecule has 4 atom stereocenters. The summed E-state index contributed by atoms with van der Waals surface area (Å²) in [5.41, 5.74) is 2.51. The van der Waals surface area contributed by atoms with Gasteiger partial charge in [0.15, 0.2) is 0 Å². The van der Waals surface area contributed by atoms with Crippen LogP contribution in [0.5, 0.6) is 0 Å². The van der Waals surface area contributed by atoms with Gasteiger partial charge in [-0.15, -0.1) is 0 Å². The van der Waals surface area contributed by atoms with Gasteiger partial charge in [-0.05, 0) is 35.8 Å². The first kappa shape index (κ1) is 35.4. The molecule has 0 saturated carbocycles. The van der Waals surface area contributed by atoms with Crippen molar-refractivity contribution in [3.63, 3.8) is 0 Å². The number of hydrogen-bond acceptors (Lipinski definition) is 7. The average molecular weight is 631 g/mol. The number of benzene rings is 1. The van der Waals surface area contributed by atoms with Crippen LogP contribution in [0, 0.1) is 0 Å². The number of esters is 1. The molecule has 1 aromatic rings. The molecule has 2 fully saturated rings. The summed E-state index contributed by atoms with van der Waals surface area (Å²) in [5.74, 6) is 0.00433. The molecule has 11 heteroatoms. The van der Waals surface area contributed by atoms with Crippen LogP contribution in [0.15, 0.2) is 24.3 Å². The number of hydrogen-bond donors (Lipinski definition) is 3. The Morgan fingerprint density at radius 1 is 1.02 bits per heavy atom. The molecule has 3 rings (SSSR count). The van der Waals surface area contributed by atoms with Crippen LogP contribution in [0.25, 0.3) is 0 Å². The van der Waals surface area contributed by atoms with Crippen molar-refractivity contribution >= 4 is 41.4 Å². The number of unbranched alkanes of at least 4 members (excludes halogenated alkanes) is 1. The zero-order valence-electron chi connectivity index (χ0n) is 26.9. The lowest BCUT2D eigenvalue weighted by atomic mass is 9.87. The minimum Gasteiger partial charge on any atom is -0.463 e. The summed E-state index contributed by atoms with van der Waals surface area (Å²) in [5, 5.41) is 8.82. The monoisotopic (exact) mass is 630 g/mol. The van der Waals surface area contributed by atoms with E-state index in [1.165, 1.54) is 12.6 Å². The van der Waals surface area contributed by atoms with E-state index in [9.17, 15) is 24.0 Å². The zero-order chi connectivity index (χ0) is 32.3. The van der Waals surface area contributed by atoms with Crippen molar-refractivity contribution in [1.29, 1.82) is 0 Å². The molecule has 1 aromatic carbocycles. The lowest BCUT2D eigenvalue weighted by Gasteiger charge is -2.23. The van der Waals surface area contributed by atoms with E-state index in [4.69, 9.17) is 4.74 Å². The molecule has 44 heavy (non-hydrogen) atoms. The fraction of sp³-hybridized carbons (Fsp3) is 0.667. The van der Waals surface area contributed by atoms with Gasteiger partial charge in [0.1, 0.15) is 12.4 Å². The first-order chi connectivity index (χ1) is 20.9. The Bertz CT molecular complexity index is 1150. The summed E-state index contributed by atoms with van der Waals surface area (Å²) in [6, 6.07) is 8.53. The molecule has 1 unspecified atom stereocenters. The number of carbonyl (C=O) groups excluding carboxylic acids is 5. The molecule has 244 valence electrons. The lowest BCUT2D eigenvalue weighted by molar-refractivity contribution is -0.146. The number of amides is 4. The SMILES string of the molecule is CCC(COC(=O)CCC(=O)NC)NC(=O)CCC(=O)CCCC[C@@H]1SC[C@H]2[C@@H]1NC(=O)N2Cc1ccc(C(C)(C)C)cc1. The van der Waals surface area contributed by atoms with E-state index in [1.54, 1.807) is 0 Å². The summed E-state index contributed by atoms with van der Waals surface area (Å²) >= 11 is 1.90. The van der Waals surface area contributed by atoms with Crippen LogP contribution in [0.2, 0.25) is 0 Å². The maximum Gasteiger partial charge on any atom is 0.318 e. The third kappa shape index (κ3) is 10.8. The van der Waals surface area contributed by atoms with Crippen molar-refractivity contribution in [3.05, 3.63) is 35.4 Å². The van der Waals surface area contributed by atoms with Crippen molar-refractivity contribution in [1.82, 2.24) is 20.9 Å². The second kappa shape index (κ2) is 16.8. The first-order valence-electron chi connectivity index (χ1n) is 15.9. The Kier molecular flexibility index (Phi) is 13.5. The number of nitrogens with one attached hydrogen (secondary N) is 3. The molecule has 0 spiro atoms. The number of thioether (sulfide) groups is 1. The van der Waals surface area contributed by atoms with Crippen molar-refractivity contribution < 1.29 is 28.7 Å². The van der Waals surface area contributed by atoms with Crippen molar-refractivity contribution in [2.24, 2.45) is 0 Å². The third-order valence-corrected chi connectivity index (χ3v) is 9.87. The molecule has 2 aliphatic rings. The topological polar surface area (TPSA) is 134 Å². The van der Waals surface area contributed by atoms with Gasteiger partial charge in [-0.1, -0.05) is 58.4 Å². The Hall–Kier alpha value is -3.08. The second-order valence-electron chi connectivity index (χ2n) is 12.8. The average Bonchev–Trinajstić information content (AvgIpc) is 3.52. The van der Waals surface area contributed by atoms with Gasteiger partial charge in [0.05, 0.1) is 24.5 Å². The number of ether oxygens (including phenoxy) is 1. The van der Waals surface area contributed by atoms with Gasteiger partial charge < -0.3 is 25.6 Å². The van der Waals surface area contributed by atoms with Gasteiger partial charge in [0.2, 0.25) is 11.8 Å². The van der Waals surface area contributed by atoms with Gasteiger partial charge in [-0.25, -0.2) is 4.79 Å². The summed E-state index contributed by atoms with van der Waals surface area (Å²) < 4.78 is 5.17. The molecule has 4 amide bonds. The Morgan fingerprint density at radius 3 is 2.39 bits per heavy atom. The van der Waals surface area contributed by atoms with Crippen LogP contribution >= 0.6 is 11.8 Å². The van der Waals surface area contributed by atoms with E-state index in [0.717, 1.165) is 30.6 Å². The van der Waals surface area contributed by atoms with Crippen molar-refractivity contribution in [2.45, 2.75) is 121 Å². The number of urea groups is 1. The number of nitrogens with zero attached hydrogens (tertiary/aromatic N) is 1. The highest BCUT2D eigenvalue weighted by molar-refractivity contribution is 8.00. The van der Waals surface area contributed by atoms with E-state index in [2.05, 4.69) is 61.0 Å². The highest BCUT2D eigenvalue weighted by Crippen LogP contribution is 2.37. The molecular formula is C33H50N4O6S. The Morgan fingerprint density at radius 2 is 1.73 bits per heavy atom. The third-order valence-electron chi connectivity index (χ3n) is 8.38. The maximum absolute atomic E-state index is 12.8. The van der Waals surface area contributed by atoms with Gasteiger partial charge >= 0.3 is 12.0 Å². The minimum atomic E-state index is -0.488. The second-order valence-corrected chi connectivity index (χ2v) is 14.1. The zero-order valence-corrected chi connectivity index (χ0v) is 27.7. The molecule has 0 radical (unpaired) electrons. The Labute approximate surface area is 266 Å². The molecule has 0 bridgehead atoms. The van der Waals surface area contributed by atoms with Gasteiger partial charge in [0.25, 0.3) is 0 Å². The van der Waals surface area contributed by atoms with Crippen molar-refractivity contribution in [3.8, 4) is 0 Å². The van der Waals surface area contributed by atoms with Crippen LogP contribution < -0.4 is 16.0 Å². The predicted octanol–water partition coefficient (Wildman–Crippen LogP) is 4.24. The molecular weight excluding hydrogens is 580 g/mol. The first-order valence-corrected chi connectivity index (χ1v) is 16.9. The van der Waals surface area contributed by atoms with E-state index in [1.807, 2.05) is 23.6 Å². The van der Waals surface area contributed by atoms with E-state index in [0.29, 0.717) is 24.6 Å². The number of ketones is 1. The quantitative estimate of drug-likeness (QED) is 0.133. The normalized spacial score (nSPS) is 20.1. The van der Waals surface area contributed by atoms with Crippen LogP contribution in [-0.2, 0) is 35.9 Å². The van der Waals surface area contributed by atoms with E-state index < -0.39 is 5.97 Å². The smallest absolute Gasteiger partial charge is 0.318 e. The van der Waals surface area contributed by atoms with Crippen molar-refractivity contribution in [2.75, 3.05) is 19.4 Å². The summed E-state index contributed by atoms with van der Waals surface area (Å²) in [6.07, 6.45) is 3.93. The number of Topliss-reactive ketones (excluding diaryl/α,β-unsaturated/α-hetero) is 1.